The van der Waals surface area contributed by atoms with E-state index in [-0.39, 0.29) is 6.42 Å². The van der Waals surface area contributed by atoms with Gasteiger partial charge in [-0.1, -0.05) is 40.0 Å². The van der Waals surface area contributed by atoms with Crippen LogP contribution in [0.2, 0.25) is 0 Å². The highest BCUT2D eigenvalue weighted by Crippen LogP contribution is 2.59. The number of hydrogen-bond acceptors (Lipinski definition) is 2. The molecule has 1 atom stereocenters. The highest BCUT2D eigenvalue weighted by atomic mass is 31.2. The van der Waals surface area contributed by atoms with E-state index in [0.717, 1.165) is 12.8 Å². The number of carboxylic acids is 1. The Hall–Kier alpha value is -0.380. The summed E-state index contributed by atoms with van der Waals surface area (Å²) in [4.78, 5) is 30.7. The van der Waals surface area contributed by atoms with E-state index in [9.17, 15) is 24.3 Å². The molecule has 0 saturated heterocycles. The van der Waals surface area contributed by atoms with E-state index in [1.54, 1.807) is 6.92 Å². The van der Waals surface area contributed by atoms with Gasteiger partial charge < -0.3 is 14.9 Å². The second kappa shape index (κ2) is 7.27. The van der Waals surface area contributed by atoms with Crippen LogP contribution in [0.4, 0.5) is 0 Å². The summed E-state index contributed by atoms with van der Waals surface area (Å²) in [5.74, 6) is -1.82. The Morgan fingerprint density at radius 1 is 1.11 bits per heavy atom. The van der Waals surface area contributed by atoms with Gasteiger partial charge in [0.25, 0.3) is 0 Å². The molecule has 0 aliphatic rings. The Morgan fingerprint density at radius 2 is 1.56 bits per heavy atom. The molecule has 0 bridgehead atoms. The molecule has 0 fully saturated rings. The van der Waals surface area contributed by atoms with Crippen molar-refractivity contribution in [1.29, 1.82) is 0 Å². The zero-order chi connectivity index (χ0) is 14.4. The number of hydrogen-bond donors (Lipinski definition) is 3. The summed E-state index contributed by atoms with van der Waals surface area (Å²) in [6.45, 7) is 5.56. The number of carboxylic acid groups (broad SMARTS) is 1. The molecule has 0 aliphatic heterocycles. The van der Waals surface area contributed by atoms with Crippen LogP contribution in [-0.2, 0) is 9.36 Å². The molecule has 0 saturated carbocycles. The van der Waals surface area contributed by atoms with Crippen molar-refractivity contribution in [1.82, 2.24) is 0 Å². The van der Waals surface area contributed by atoms with Crippen molar-refractivity contribution in [2.75, 3.05) is 0 Å². The van der Waals surface area contributed by atoms with Gasteiger partial charge in [0.15, 0.2) is 5.16 Å². The summed E-state index contributed by atoms with van der Waals surface area (Å²) < 4.78 is 11.8. The summed E-state index contributed by atoms with van der Waals surface area (Å²) in [5.41, 5.74) is 0. The van der Waals surface area contributed by atoms with Gasteiger partial charge in [0, 0.05) is 0 Å². The van der Waals surface area contributed by atoms with Gasteiger partial charge in [-0.25, -0.2) is 0 Å². The molecule has 0 heterocycles. The van der Waals surface area contributed by atoms with Gasteiger partial charge in [-0.2, -0.15) is 0 Å². The third kappa shape index (κ3) is 3.56. The molecule has 18 heavy (non-hydrogen) atoms. The Balaban J connectivity index is 5.64. The molecule has 0 rings (SSSR count). The number of aliphatic carboxylic acids is 1. The van der Waals surface area contributed by atoms with Crippen LogP contribution in [0, 0.1) is 5.92 Å². The molecule has 0 aromatic carbocycles. The molecular formula is C12H25O5P. The fourth-order valence-electron chi connectivity index (χ4n) is 2.69. The molecule has 3 N–H and O–H groups in total. The van der Waals surface area contributed by atoms with Crippen LogP contribution in [0.5, 0.6) is 0 Å². The van der Waals surface area contributed by atoms with Gasteiger partial charge in [0.2, 0.25) is 0 Å². The van der Waals surface area contributed by atoms with E-state index in [1.165, 1.54) is 0 Å². The first-order valence-corrected chi connectivity index (χ1v) is 8.18. The van der Waals surface area contributed by atoms with Gasteiger partial charge >= 0.3 is 13.6 Å². The summed E-state index contributed by atoms with van der Waals surface area (Å²) in [6.07, 6.45) is 2.99. The minimum Gasteiger partial charge on any atom is -0.480 e. The molecule has 0 aliphatic carbocycles. The predicted octanol–water partition coefficient (Wildman–Crippen LogP) is 3.00. The van der Waals surface area contributed by atoms with Crippen LogP contribution in [0.1, 0.15) is 59.3 Å². The van der Waals surface area contributed by atoms with E-state index in [0.29, 0.717) is 19.3 Å². The molecule has 0 amide bonds. The highest BCUT2D eigenvalue weighted by Gasteiger charge is 2.57. The van der Waals surface area contributed by atoms with Crippen molar-refractivity contribution in [3.63, 3.8) is 0 Å². The van der Waals surface area contributed by atoms with Crippen molar-refractivity contribution < 1.29 is 24.3 Å². The normalized spacial score (nSPS) is 15.7. The second-order valence-electron chi connectivity index (χ2n) is 4.80. The fourth-order valence-corrected chi connectivity index (χ4v) is 4.19. The maximum atomic E-state index is 11.8. The third-order valence-electron chi connectivity index (χ3n) is 3.47. The lowest BCUT2D eigenvalue weighted by Crippen LogP contribution is -2.45. The topological polar surface area (TPSA) is 94.8 Å². The van der Waals surface area contributed by atoms with Crippen molar-refractivity contribution >= 4 is 13.6 Å². The second-order valence-corrected chi connectivity index (χ2v) is 6.68. The minimum atomic E-state index is -4.69. The average Bonchev–Trinajstić information content (AvgIpc) is 2.23. The van der Waals surface area contributed by atoms with Crippen LogP contribution in [0.3, 0.4) is 0 Å². The summed E-state index contributed by atoms with van der Waals surface area (Å²) >= 11 is 0. The minimum absolute atomic E-state index is 0.0251. The van der Waals surface area contributed by atoms with Crippen LogP contribution in [-0.4, -0.2) is 26.0 Å². The molecule has 0 aromatic heterocycles. The van der Waals surface area contributed by atoms with E-state index in [1.807, 2.05) is 13.8 Å². The Labute approximate surface area is 109 Å². The lowest BCUT2D eigenvalue weighted by Gasteiger charge is -2.37. The summed E-state index contributed by atoms with van der Waals surface area (Å²) in [7, 11) is -4.69. The Bertz CT molecular complexity index is 306. The summed E-state index contributed by atoms with van der Waals surface area (Å²) in [6, 6.07) is 0. The van der Waals surface area contributed by atoms with E-state index < -0.39 is 24.6 Å². The standard InChI is InChI=1S/C12H25O5P/c1-4-7-10(8-5-2)12(9-6-3,11(13)14)18(15,16)17/h10H,4-9H2,1-3H3,(H,13,14)(H2,15,16,17). The van der Waals surface area contributed by atoms with Crippen molar-refractivity contribution in [3.05, 3.63) is 0 Å². The molecule has 1 unspecified atom stereocenters. The first-order chi connectivity index (χ1) is 8.27. The van der Waals surface area contributed by atoms with Crippen LogP contribution >= 0.6 is 7.60 Å². The van der Waals surface area contributed by atoms with E-state index in [4.69, 9.17) is 0 Å². The zero-order valence-corrected chi connectivity index (χ0v) is 12.3. The average molecular weight is 280 g/mol. The largest absolute Gasteiger partial charge is 0.480 e. The maximum Gasteiger partial charge on any atom is 0.343 e. The number of rotatable bonds is 9. The van der Waals surface area contributed by atoms with Gasteiger partial charge in [0.05, 0.1) is 0 Å². The van der Waals surface area contributed by atoms with Gasteiger partial charge in [-0.15, -0.1) is 0 Å². The molecular weight excluding hydrogens is 255 g/mol. The Morgan fingerprint density at radius 3 is 1.78 bits per heavy atom. The smallest absolute Gasteiger partial charge is 0.343 e. The van der Waals surface area contributed by atoms with Gasteiger partial charge in [-0.05, 0) is 25.2 Å². The number of carbonyl (C=O) groups is 1. The zero-order valence-electron chi connectivity index (χ0n) is 11.4. The molecule has 0 aromatic rings. The molecule has 0 spiro atoms. The van der Waals surface area contributed by atoms with Gasteiger partial charge in [0.1, 0.15) is 0 Å². The van der Waals surface area contributed by atoms with Crippen LogP contribution < -0.4 is 0 Å². The monoisotopic (exact) mass is 280 g/mol. The Kier molecular flexibility index (Phi) is 7.11. The van der Waals surface area contributed by atoms with Crippen molar-refractivity contribution in [2.45, 2.75) is 64.5 Å². The molecule has 0 radical (unpaired) electrons. The summed E-state index contributed by atoms with van der Waals surface area (Å²) in [5, 5.41) is 7.51. The molecule has 6 heteroatoms. The molecule has 5 nitrogen and oxygen atoms in total. The lowest BCUT2D eigenvalue weighted by molar-refractivity contribution is -0.143. The van der Waals surface area contributed by atoms with Crippen LogP contribution in [0.15, 0.2) is 0 Å². The van der Waals surface area contributed by atoms with Crippen LogP contribution in [0.25, 0.3) is 0 Å². The fraction of sp³-hybridized carbons (Fsp3) is 0.917. The lowest BCUT2D eigenvalue weighted by atomic mass is 9.81. The molecule has 108 valence electrons. The SMILES string of the molecule is CCCC(CCC)C(CCC)(C(=O)O)P(=O)(O)O. The first kappa shape index (κ1) is 17.6. The quantitative estimate of drug-likeness (QED) is 0.564. The van der Waals surface area contributed by atoms with E-state index >= 15 is 0 Å². The highest BCUT2D eigenvalue weighted by molar-refractivity contribution is 7.54. The third-order valence-corrected chi connectivity index (χ3v) is 5.29. The first-order valence-electron chi connectivity index (χ1n) is 6.56. The van der Waals surface area contributed by atoms with Crippen molar-refractivity contribution in [3.8, 4) is 0 Å². The van der Waals surface area contributed by atoms with Gasteiger partial charge in [-0.3, -0.25) is 9.36 Å². The van der Waals surface area contributed by atoms with E-state index in [2.05, 4.69) is 0 Å². The predicted molar refractivity (Wildman–Crippen MR) is 70.6 cm³/mol. The maximum absolute atomic E-state index is 11.8. The van der Waals surface area contributed by atoms with Crippen molar-refractivity contribution in [2.24, 2.45) is 5.92 Å².